The monoisotopic (exact) mass is 328 g/mol. The van der Waals surface area contributed by atoms with Crippen LogP contribution in [0.15, 0.2) is 47.3 Å². The number of hydrogen-bond acceptors (Lipinski definition) is 3. The van der Waals surface area contributed by atoms with Gasteiger partial charge in [0, 0.05) is 12.2 Å². The molecule has 0 aliphatic heterocycles. The Bertz CT molecular complexity index is 749. The summed E-state index contributed by atoms with van der Waals surface area (Å²) in [5.41, 5.74) is 0.983. The summed E-state index contributed by atoms with van der Waals surface area (Å²) in [5.74, 6) is -0.408. The third-order valence-corrected chi connectivity index (χ3v) is 3.81. The van der Waals surface area contributed by atoms with Crippen LogP contribution in [0.1, 0.15) is 37.6 Å². The maximum absolute atomic E-state index is 12.3. The van der Waals surface area contributed by atoms with Gasteiger partial charge in [0.05, 0.1) is 6.10 Å². The first kappa shape index (κ1) is 17.9. The van der Waals surface area contributed by atoms with Crippen molar-refractivity contribution in [3.63, 3.8) is 0 Å². The average molecular weight is 328 g/mol. The molecule has 0 fully saturated rings. The van der Waals surface area contributed by atoms with Gasteiger partial charge in [-0.25, -0.2) is 0 Å². The first-order chi connectivity index (χ1) is 11.3. The number of aliphatic hydroxyl groups excluding tert-OH is 1. The van der Waals surface area contributed by atoms with E-state index in [9.17, 15) is 14.7 Å². The molecule has 1 aromatic carbocycles. The molecule has 24 heavy (non-hydrogen) atoms. The number of nitrogens with one attached hydrogen (secondary N) is 2. The Morgan fingerprint density at radius 3 is 2.46 bits per heavy atom. The molecule has 0 spiro atoms. The van der Waals surface area contributed by atoms with Crippen LogP contribution < -0.4 is 10.9 Å². The van der Waals surface area contributed by atoms with Crippen molar-refractivity contribution >= 4 is 5.91 Å². The summed E-state index contributed by atoms with van der Waals surface area (Å²) in [5, 5.41) is 12.3. The maximum atomic E-state index is 12.3. The molecule has 0 radical (unpaired) electrons. The SMILES string of the molecule is CC(O)CC(C)(C)CNC(=O)c1ccc(-c2ccccc2)[nH]c1=O. The van der Waals surface area contributed by atoms with E-state index in [1.54, 1.807) is 13.0 Å². The average Bonchev–Trinajstić information content (AvgIpc) is 2.52. The molecule has 3 N–H and O–H groups in total. The first-order valence-electron chi connectivity index (χ1n) is 8.03. The Hall–Kier alpha value is -2.40. The van der Waals surface area contributed by atoms with E-state index >= 15 is 0 Å². The number of benzene rings is 1. The fraction of sp³-hybridized carbons (Fsp3) is 0.368. The number of carbonyl (C=O) groups is 1. The van der Waals surface area contributed by atoms with E-state index < -0.39 is 17.6 Å². The minimum atomic E-state index is -0.439. The van der Waals surface area contributed by atoms with Crippen LogP contribution in [0, 0.1) is 5.41 Å². The summed E-state index contributed by atoms with van der Waals surface area (Å²) in [6.45, 7) is 6.03. The quantitative estimate of drug-likeness (QED) is 0.762. The van der Waals surface area contributed by atoms with E-state index in [1.165, 1.54) is 6.07 Å². The van der Waals surface area contributed by atoms with Gasteiger partial charge in [-0.05, 0) is 36.5 Å². The highest BCUT2D eigenvalue weighted by Gasteiger charge is 2.22. The molecular formula is C19H24N2O3. The van der Waals surface area contributed by atoms with Crippen molar-refractivity contribution in [2.45, 2.75) is 33.3 Å². The van der Waals surface area contributed by atoms with Crippen LogP contribution in [0.5, 0.6) is 0 Å². The van der Waals surface area contributed by atoms with Gasteiger partial charge in [0.2, 0.25) is 0 Å². The number of carbonyl (C=O) groups excluding carboxylic acids is 1. The standard InChI is InChI=1S/C19H24N2O3/c1-13(22)11-19(2,3)12-20-17(23)15-9-10-16(21-18(15)24)14-7-5-4-6-8-14/h4-10,13,22H,11-12H2,1-3H3,(H,20,23)(H,21,24). The fourth-order valence-corrected chi connectivity index (χ4v) is 2.73. The van der Waals surface area contributed by atoms with E-state index in [-0.39, 0.29) is 11.0 Å². The van der Waals surface area contributed by atoms with Gasteiger partial charge in [-0.15, -0.1) is 0 Å². The van der Waals surface area contributed by atoms with Gasteiger partial charge in [0.1, 0.15) is 5.56 Å². The van der Waals surface area contributed by atoms with Gasteiger partial charge < -0.3 is 15.4 Å². The van der Waals surface area contributed by atoms with Gasteiger partial charge in [-0.3, -0.25) is 9.59 Å². The maximum Gasteiger partial charge on any atom is 0.261 e. The summed E-state index contributed by atoms with van der Waals surface area (Å²) in [4.78, 5) is 27.2. The summed E-state index contributed by atoms with van der Waals surface area (Å²) in [6.07, 6.45) is 0.127. The van der Waals surface area contributed by atoms with E-state index in [4.69, 9.17) is 0 Å². The lowest BCUT2D eigenvalue weighted by atomic mass is 9.87. The Labute approximate surface area is 141 Å². The number of pyridine rings is 1. The zero-order chi connectivity index (χ0) is 17.7. The molecule has 0 bridgehead atoms. The lowest BCUT2D eigenvalue weighted by Crippen LogP contribution is -2.37. The highest BCUT2D eigenvalue weighted by Crippen LogP contribution is 2.21. The third-order valence-electron chi connectivity index (χ3n) is 3.81. The zero-order valence-electron chi connectivity index (χ0n) is 14.3. The van der Waals surface area contributed by atoms with Crippen LogP contribution in [0.25, 0.3) is 11.3 Å². The van der Waals surface area contributed by atoms with Crippen LogP contribution in [0.3, 0.4) is 0 Å². The topological polar surface area (TPSA) is 82.2 Å². The van der Waals surface area contributed by atoms with Crippen LogP contribution in [0.4, 0.5) is 0 Å². The molecule has 0 aliphatic rings. The largest absolute Gasteiger partial charge is 0.393 e. The number of aromatic nitrogens is 1. The van der Waals surface area contributed by atoms with Crippen LogP contribution in [-0.4, -0.2) is 28.6 Å². The van der Waals surface area contributed by atoms with Crippen LogP contribution >= 0.6 is 0 Å². The highest BCUT2D eigenvalue weighted by molar-refractivity contribution is 5.94. The van der Waals surface area contributed by atoms with E-state index in [0.29, 0.717) is 18.7 Å². The molecule has 1 amide bonds. The summed E-state index contributed by atoms with van der Waals surface area (Å²) in [7, 11) is 0. The molecule has 1 atom stereocenters. The molecule has 1 heterocycles. The van der Waals surface area contributed by atoms with Crippen molar-refractivity contribution in [2.24, 2.45) is 5.41 Å². The summed E-state index contributed by atoms with van der Waals surface area (Å²) in [6, 6.07) is 12.7. The molecular weight excluding hydrogens is 304 g/mol. The number of amides is 1. The van der Waals surface area contributed by atoms with Crippen LogP contribution in [0.2, 0.25) is 0 Å². The van der Waals surface area contributed by atoms with Crippen LogP contribution in [-0.2, 0) is 0 Å². The van der Waals surface area contributed by atoms with E-state index in [1.807, 2.05) is 44.2 Å². The van der Waals surface area contributed by atoms with E-state index in [0.717, 1.165) is 5.56 Å². The molecule has 0 saturated heterocycles. The fourth-order valence-electron chi connectivity index (χ4n) is 2.73. The van der Waals surface area contributed by atoms with Gasteiger partial charge in [0.15, 0.2) is 0 Å². The highest BCUT2D eigenvalue weighted by atomic mass is 16.3. The second-order valence-corrected chi connectivity index (χ2v) is 6.88. The van der Waals surface area contributed by atoms with Gasteiger partial charge >= 0.3 is 0 Å². The van der Waals surface area contributed by atoms with Crippen molar-refractivity contribution in [3.8, 4) is 11.3 Å². The van der Waals surface area contributed by atoms with Crippen molar-refractivity contribution in [3.05, 3.63) is 58.4 Å². The molecule has 5 heteroatoms. The predicted octanol–water partition coefficient (Wildman–Crippen LogP) is 2.57. The second kappa shape index (κ2) is 7.45. The Balaban J connectivity index is 2.10. The molecule has 2 aromatic rings. The lowest BCUT2D eigenvalue weighted by Gasteiger charge is -2.26. The van der Waals surface area contributed by atoms with Gasteiger partial charge in [0.25, 0.3) is 11.5 Å². The molecule has 5 nitrogen and oxygen atoms in total. The van der Waals surface area contributed by atoms with E-state index in [2.05, 4.69) is 10.3 Å². The third kappa shape index (κ3) is 4.80. The lowest BCUT2D eigenvalue weighted by molar-refractivity contribution is 0.0900. The molecule has 0 aliphatic carbocycles. The number of H-pyrrole nitrogens is 1. The zero-order valence-corrected chi connectivity index (χ0v) is 14.3. The Morgan fingerprint density at radius 1 is 1.21 bits per heavy atom. The van der Waals surface area contributed by atoms with Crippen molar-refractivity contribution < 1.29 is 9.90 Å². The number of aliphatic hydroxyl groups is 1. The number of rotatable bonds is 6. The molecule has 2 rings (SSSR count). The summed E-state index contributed by atoms with van der Waals surface area (Å²) < 4.78 is 0. The number of hydrogen-bond donors (Lipinski definition) is 3. The summed E-state index contributed by atoms with van der Waals surface area (Å²) >= 11 is 0. The predicted molar refractivity (Wildman–Crippen MR) is 94.9 cm³/mol. The van der Waals surface area contributed by atoms with Gasteiger partial charge in [-0.1, -0.05) is 44.2 Å². The molecule has 128 valence electrons. The smallest absolute Gasteiger partial charge is 0.261 e. The van der Waals surface area contributed by atoms with Crippen molar-refractivity contribution in [1.82, 2.24) is 10.3 Å². The molecule has 1 aromatic heterocycles. The Kier molecular flexibility index (Phi) is 5.57. The first-order valence-corrected chi connectivity index (χ1v) is 8.03. The number of aromatic amines is 1. The minimum Gasteiger partial charge on any atom is -0.393 e. The van der Waals surface area contributed by atoms with Crippen molar-refractivity contribution in [2.75, 3.05) is 6.54 Å². The Morgan fingerprint density at radius 2 is 1.88 bits per heavy atom. The molecule has 1 unspecified atom stereocenters. The molecule has 0 saturated carbocycles. The minimum absolute atomic E-state index is 0.0857. The normalized spacial score (nSPS) is 12.7. The van der Waals surface area contributed by atoms with Gasteiger partial charge in [-0.2, -0.15) is 0 Å². The van der Waals surface area contributed by atoms with Crippen molar-refractivity contribution in [1.29, 1.82) is 0 Å². The second-order valence-electron chi connectivity index (χ2n) is 6.88.